The number of carbonyl (C=O) groups excluding carboxylic acids is 3. The van der Waals surface area contributed by atoms with Gasteiger partial charge in [0.1, 0.15) is 5.60 Å². The number of anilines is 2. The molecule has 2 bridgehead atoms. The second kappa shape index (κ2) is 6.66. The second-order valence-electron chi connectivity index (χ2n) is 9.56. The molecule has 2 saturated heterocycles. The van der Waals surface area contributed by atoms with E-state index in [9.17, 15) is 14.4 Å². The number of nitrogens with zero attached hydrogens (tertiary/aromatic N) is 2. The van der Waals surface area contributed by atoms with Crippen molar-refractivity contribution < 1.29 is 19.1 Å². The van der Waals surface area contributed by atoms with E-state index in [1.165, 1.54) is 0 Å². The SMILES string of the molecule is CC(=O)N1CCc2cc(NC(=O)[C@H]3[C@H]4C=C[C@@]5(CN(C6CCCC6)C(=O)[C@@H]35)O4)ccc21. The largest absolute Gasteiger partial charge is 0.360 e. The van der Waals surface area contributed by atoms with Gasteiger partial charge in [-0.1, -0.05) is 25.0 Å². The Balaban J connectivity index is 1.23. The summed E-state index contributed by atoms with van der Waals surface area (Å²) in [5.74, 6) is -1.01. The Morgan fingerprint density at radius 1 is 1.23 bits per heavy atom. The molecule has 3 fully saturated rings. The zero-order valence-electron chi connectivity index (χ0n) is 17.7. The molecule has 1 spiro atoms. The number of amides is 3. The molecule has 1 aliphatic carbocycles. The average Bonchev–Trinajstić information content (AvgIpc) is 3.54. The van der Waals surface area contributed by atoms with Crippen molar-refractivity contribution in [3.63, 3.8) is 0 Å². The Morgan fingerprint density at radius 2 is 2.03 bits per heavy atom. The van der Waals surface area contributed by atoms with Crippen molar-refractivity contribution in [1.29, 1.82) is 0 Å². The van der Waals surface area contributed by atoms with Crippen molar-refractivity contribution in [3.8, 4) is 0 Å². The second-order valence-corrected chi connectivity index (χ2v) is 9.56. The van der Waals surface area contributed by atoms with Gasteiger partial charge < -0.3 is 19.9 Å². The zero-order valence-corrected chi connectivity index (χ0v) is 17.7. The number of hydrogen-bond donors (Lipinski definition) is 1. The fourth-order valence-corrected chi connectivity index (χ4v) is 6.38. The molecule has 1 saturated carbocycles. The number of likely N-dealkylation sites (tertiary alicyclic amines) is 1. The van der Waals surface area contributed by atoms with Crippen LogP contribution in [0.5, 0.6) is 0 Å². The molecule has 1 N–H and O–H groups in total. The first kappa shape index (κ1) is 19.0. The van der Waals surface area contributed by atoms with Crippen LogP contribution in [0, 0.1) is 11.8 Å². The molecule has 31 heavy (non-hydrogen) atoms. The number of ether oxygens (including phenoxy) is 1. The van der Waals surface area contributed by atoms with Crippen LogP contribution >= 0.6 is 0 Å². The first-order chi connectivity index (χ1) is 15.0. The topological polar surface area (TPSA) is 79.0 Å². The lowest BCUT2D eigenvalue weighted by molar-refractivity contribution is -0.137. The van der Waals surface area contributed by atoms with Crippen LogP contribution in [0.15, 0.2) is 30.4 Å². The monoisotopic (exact) mass is 421 g/mol. The van der Waals surface area contributed by atoms with Gasteiger partial charge in [-0.25, -0.2) is 0 Å². The summed E-state index contributed by atoms with van der Waals surface area (Å²) in [5, 5.41) is 3.03. The number of hydrogen-bond acceptors (Lipinski definition) is 4. The van der Waals surface area contributed by atoms with Gasteiger partial charge in [0.05, 0.1) is 24.5 Å². The van der Waals surface area contributed by atoms with Crippen molar-refractivity contribution >= 4 is 29.1 Å². The maximum atomic E-state index is 13.4. The fraction of sp³-hybridized carbons (Fsp3) is 0.542. The van der Waals surface area contributed by atoms with Gasteiger partial charge in [0.25, 0.3) is 0 Å². The summed E-state index contributed by atoms with van der Waals surface area (Å²) in [4.78, 5) is 42.2. The van der Waals surface area contributed by atoms with Crippen molar-refractivity contribution in [2.75, 3.05) is 23.3 Å². The number of rotatable bonds is 3. The van der Waals surface area contributed by atoms with E-state index in [-0.39, 0.29) is 29.9 Å². The van der Waals surface area contributed by atoms with Crippen LogP contribution in [-0.4, -0.2) is 53.5 Å². The van der Waals surface area contributed by atoms with Gasteiger partial charge in [-0.3, -0.25) is 14.4 Å². The molecule has 0 radical (unpaired) electrons. The van der Waals surface area contributed by atoms with Crippen LogP contribution in [0.3, 0.4) is 0 Å². The van der Waals surface area contributed by atoms with Crippen LogP contribution in [-0.2, 0) is 25.5 Å². The third kappa shape index (κ3) is 2.72. The quantitative estimate of drug-likeness (QED) is 0.760. The van der Waals surface area contributed by atoms with Crippen LogP contribution in [0.2, 0.25) is 0 Å². The Kier molecular flexibility index (Phi) is 4.09. The maximum Gasteiger partial charge on any atom is 0.231 e. The zero-order chi connectivity index (χ0) is 21.3. The van der Waals surface area contributed by atoms with E-state index in [0.29, 0.717) is 18.8 Å². The molecular formula is C24H27N3O4. The summed E-state index contributed by atoms with van der Waals surface area (Å²) in [5.41, 5.74) is 2.02. The summed E-state index contributed by atoms with van der Waals surface area (Å²) < 4.78 is 6.25. The number of carbonyl (C=O) groups is 3. The molecule has 3 amide bonds. The van der Waals surface area contributed by atoms with E-state index in [1.807, 2.05) is 35.3 Å². The summed E-state index contributed by atoms with van der Waals surface area (Å²) in [6.07, 6.45) is 8.82. The van der Waals surface area contributed by atoms with Gasteiger partial charge in [0, 0.05) is 30.9 Å². The Labute approximate surface area is 181 Å². The molecule has 6 rings (SSSR count). The lowest BCUT2D eigenvalue weighted by Gasteiger charge is -2.27. The third-order valence-corrected chi connectivity index (χ3v) is 7.82. The van der Waals surface area contributed by atoms with E-state index < -0.39 is 17.4 Å². The minimum Gasteiger partial charge on any atom is -0.360 e. The molecular weight excluding hydrogens is 394 g/mol. The van der Waals surface area contributed by atoms with Gasteiger partial charge in [0.15, 0.2) is 0 Å². The van der Waals surface area contributed by atoms with Gasteiger partial charge in [-0.2, -0.15) is 0 Å². The fourth-order valence-electron chi connectivity index (χ4n) is 6.38. The summed E-state index contributed by atoms with van der Waals surface area (Å²) in [6, 6.07) is 5.95. The van der Waals surface area contributed by atoms with E-state index in [4.69, 9.17) is 4.74 Å². The van der Waals surface area contributed by atoms with Crippen molar-refractivity contribution in [2.24, 2.45) is 11.8 Å². The standard InChI is InChI=1S/C24H27N3O4/c1-14(28)26-11-9-15-12-16(6-7-18(15)26)25-22(29)20-19-8-10-24(31-19)13-27(23(30)21(20)24)17-4-2-3-5-17/h6-8,10,12,17,19-21H,2-5,9,11,13H2,1H3,(H,25,29)/t19-,20+,21-,24+/m1/s1. The summed E-state index contributed by atoms with van der Waals surface area (Å²) in [7, 11) is 0. The molecule has 0 aromatic heterocycles. The molecule has 1 aromatic carbocycles. The van der Waals surface area contributed by atoms with E-state index in [1.54, 1.807) is 11.8 Å². The Hall–Kier alpha value is -2.67. The van der Waals surface area contributed by atoms with Gasteiger partial charge >= 0.3 is 0 Å². The molecule has 0 unspecified atom stereocenters. The predicted molar refractivity (Wildman–Crippen MR) is 114 cm³/mol. The molecule has 1 aromatic rings. The third-order valence-electron chi connectivity index (χ3n) is 7.82. The van der Waals surface area contributed by atoms with Crippen molar-refractivity contribution in [3.05, 3.63) is 35.9 Å². The smallest absolute Gasteiger partial charge is 0.231 e. The van der Waals surface area contributed by atoms with Gasteiger partial charge in [-0.05, 0) is 43.0 Å². The molecule has 7 nitrogen and oxygen atoms in total. The minimum atomic E-state index is -0.647. The highest BCUT2D eigenvalue weighted by Gasteiger charge is 2.67. The first-order valence-corrected chi connectivity index (χ1v) is 11.4. The van der Waals surface area contributed by atoms with Crippen molar-refractivity contribution in [2.45, 2.75) is 56.8 Å². The van der Waals surface area contributed by atoms with Gasteiger partial charge in [-0.15, -0.1) is 0 Å². The lowest BCUT2D eigenvalue weighted by Crippen LogP contribution is -2.42. The first-order valence-electron chi connectivity index (χ1n) is 11.4. The van der Waals surface area contributed by atoms with Crippen LogP contribution in [0.1, 0.15) is 38.2 Å². The number of fused-ring (bicyclic) bond motifs is 2. The number of nitrogens with one attached hydrogen (secondary N) is 1. The molecule has 5 aliphatic rings. The highest BCUT2D eigenvalue weighted by molar-refractivity contribution is 6.00. The maximum absolute atomic E-state index is 13.4. The van der Waals surface area contributed by atoms with E-state index >= 15 is 0 Å². The normalized spacial score (nSPS) is 33.3. The average molecular weight is 421 g/mol. The molecule has 4 heterocycles. The Morgan fingerprint density at radius 3 is 2.81 bits per heavy atom. The highest BCUT2D eigenvalue weighted by Crippen LogP contribution is 2.53. The number of benzene rings is 1. The predicted octanol–water partition coefficient (Wildman–Crippen LogP) is 2.26. The van der Waals surface area contributed by atoms with Crippen LogP contribution in [0.25, 0.3) is 0 Å². The van der Waals surface area contributed by atoms with Gasteiger partial charge in [0.2, 0.25) is 17.7 Å². The Bertz CT molecular complexity index is 1010. The van der Waals surface area contributed by atoms with E-state index in [0.717, 1.165) is 43.4 Å². The summed E-state index contributed by atoms with van der Waals surface area (Å²) >= 11 is 0. The molecule has 4 atom stereocenters. The van der Waals surface area contributed by atoms with Crippen LogP contribution in [0.4, 0.5) is 11.4 Å². The van der Waals surface area contributed by atoms with Crippen molar-refractivity contribution in [1.82, 2.24) is 4.90 Å². The highest BCUT2D eigenvalue weighted by atomic mass is 16.5. The molecule has 162 valence electrons. The minimum absolute atomic E-state index is 0.0262. The molecule has 7 heteroatoms. The van der Waals surface area contributed by atoms with E-state index in [2.05, 4.69) is 5.32 Å². The van der Waals surface area contributed by atoms with Crippen LogP contribution < -0.4 is 10.2 Å². The molecule has 4 aliphatic heterocycles. The summed E-state index contributed by atoms with van der Waals surface area (Å²) in [6.45, 7) is 2.80. The lowest BCUT2D eigenvalue weighted by atomic mass is 9.76.